The smallest absolute Gasteiger partial charge is 0.204 e. The summed E-state index contributed by atoms with van der Waals surface area (Å²) in [5.74, 6) is 0.208. The molecular formula is C15H10O4. The van der Waals surface area contributed by atoms with Crippen LogP contribution in [0.5, 0.6) is 0 Å². The molecule has 3 rings (SSSR count). The van der Waals surface area contributed by atoms with E-state index in [0.717, 1.165) is 0 Å². The number of furan rings is 1. The van der Waals surface area contributed by atoms with Crippen molar-refractivity contribution < 1.29 is 13.6 Å². The lowest BCUT2D eigenvalue weighted by atomic mass is 10.1. The second-order valence-corrected chi connectivity index (χ2v) is 4.16. The van der Waals surface area contributed by atoms with E-state index in [0.29, 0.717) is 16.7 Å². The van der Waals surface area contributed by atoms with E-state index in [9.17, 15) is 9.59 Å². The molecule has 1 aromatic carbocycles. The highest BCUT2D eigenvalue weighted by Crippen LogP contribution is 2.26. The third-order valence-electron chi connectivity index (χ3n) is 2.89. The molecule has 2 heterocycles. The maximum Gasteiger partial charge on any atom is 0.204 e. The van der Waals surface area contributed by atoms with Crippen LogP contribution in [0.4, 0.5) is 0 Å². The number of hydrogen-bond donors (Lipinski definition) is 0. The van der Waals surface area contributed by atoms with Gasteiger partial charge in [-0.25, -0.2) is 0 Å². The van der Waals surface area contributed by atoms with Gasteiger partial charge in [0.2, 0.25) is 5.43 Å². The van der Waals surface area contributed by atoms with Gasteiger partial charge in [-0.1, -0.05) is 12.1 Å². The summed E-state index contributed by atoms with van der Waals surface area (Å²) in [6, 6.07) is 10.2. The lowest BCUT2D eigenvalue weighted by Crippen LogP contribution is -2.14. The number of carbonyl (C=O) groups is 1. The van der Waals surface area contributed by atoms with E-state index in [1.54, 1.807) is 36.4 Å². The van der Waals surface area contributed by atoms with Gasteiger partial charge in [-0.15, -0.1) is 0 Å². The zero-order valence-electron chi connectivity index (χ0n) is 10.2. The van der Waals surface area contributed by atoms with Crippen LogP contribution in [0.25, 0.3) is 22.5 Å². The van der Waals surface area contributed by atoms with Crippen molar-refractivity contribution in [1.82, 2.24) is 0 Å². The Hall–Kier alpha value is -2.62. The van der Waals surface area contributed by atoms with Crippen molar-refractivity contribution in [1.29, 1.82) is 0 Å². The summed E-state index contributed by atoms with van der Waals surface area (Å²) in [5.41, 5.74) is 0.123. The fraction of sp³-hybridized carbons (Fsp3) is 0.0667. The lowest BCUT2D eigenvalue weighted by molar-refractivity contribution is 0.101. The van der Waals surface area contributed by atoms with E-state index in [4.69, 9.17) is 8.83 Å². The first-order valence-electron chi connectivity index (χ1n) is 5.79. The topological polar surface area (TPSA) is 60.4 Å². The van der Waals surface area contributed by atoms with Crippen molar-refractivity contribution in [2.24, 2.45) is 0 Å². The fourth-order valence-corrected chi connectivity index (χ4v) is 2.04. The molecule has 0 amide bonds. The Kier molecular flexibility index (Phi) is 2.56. The van der Waals surface area contributed by atoms with E-state index in [-0.39, 0.29) is 22.5 Å². The maximum atomic E-state index is 12.4. The highest BCUT2D eigenvalue weighted by Gasteiger charge is 2.20. The van der Waals surface area contributed by atoms with Crippen LogP contribution in [0, 0.1) is 0 Å². The minimum absolute atomic E-state index is 0.0219. The summed E-state index contributed by atoms with van der Waals surface area (Å²) in [5, 5.41) is 0.392. The number of para-hydroxylation sites is 1. The van der Waals surface area contributed by atoms with E-state index in [1.807, 2.05) is 0 Å². The number of fused-ring (bicyclic) bond motifs is 1. The van der Waals surface area contributed by atoms with Crippen LogP contribution in [0.3, 0.4) is 0 Å². The molecule has 0 aliphatic carbocycles. The van der Waals surface area contributed by atoms with Crippen molar-refractivity contribution in [3.8, 4) is 11.5 Å². The Balaban J connectivity index is 2.47. The number of hydrogen-bond acceptors (Lipinski definition) is 4. The molecule has 0 fully saturated rings. The van der Waals surface area contributed by atoms with Gasteiger partial charge in [0.05, 0.1) is 11.6 Å². The maximum absolute atomic E-state index is 12.4. The largest absolute Gasteiger partial charge is 0.461 e. The Morgan fingerprint density at radius 1 is 1.11 bits per heavy atom. The van der Waals surface area contributed by atoms with E-state index >= 15 is 0 Å². The van der Waals surface area contributed by atoms with Crippen LogP contribution in [0.1, 0.15) is 17.3 Å². The number of carbonyl (C=O) groups excluding carboxylic acids is 1. The second kappa shape index (κ2) is 4.24. The van der Waals surface area contributed by atoms with Gasteiger partial charge in [-0.3, -0.25) is 9.59 Å². The number of Topliss-reactive ketones (excluding diaryl/α,β-unsaturated/α-hetero) is 1. The van der Waals surface area contributed by atoms with Gasteiger partial charge in [-0.05, 0) is 31.2 Å². The Bertz CT molecular complexity index is 810. The summed E-state index contributed by atoms with van der Waals surface area (Å²) >= 11 is 0. The molecule has 0 bridgehead atoms. The highest BCUT2D eigenvalue weighted by atomic mass is 16.4. The van der Waals surface area contributed by atoms with Crippen molar-refractivity contribution in [3.63, 3.8) is 0 Å². The molecule has 4 nitrogen and oxygen atoms in total. The van der Waals surface area contributed by atoms with E-state index in [1.165, 1.54) is 13.2 Å². The SMILES string of the molecule is CC(=O)c1c(-c2ccco2)oc2ccccc2c1=O. The molecule has 0 aliphatic rings. The van der Waals surface area contributed by atoms with Crippen LogP contribution >= 0.6 is 0 Å². The van der Waals surface area contributed by atoms with E-state index < -0.39 is 0 Å². The summed E-state index contributed by atoms with van der Waals surface area (Å²) in [7, 11) is 0. The molecule has 0 N–H and O–H groups in total. The average molecular weight is 254 g/mol. The molecule has 4 heteroatoms. The Morgan fingerprint density at radius 2 is 1.89 bits per heavy atom. The number of benzene rings is 1. The normalized spacial score (nSPS) is 10.8. The minimum Gasteiger partial charge on any atom is -0.461 e. The molecule has 0 spiro atoms. The third kappa shape index (κ3) is 1.78. The minimum atomic E-state index is -0.342. The third-order valence-corrected chi connectivity index (χ3v) is 2.89. The van der Waals surface area contributed by atoms with Crippen molar-refractivity contribution in [3.05, 3.63) is 58.4 Å². The van der Waals surface area contributed by atoms with Crippen molar-refractivity contribution in [2.75, 3.05) is 0 Å². The molecule has 0 saturated heterocycles. The zero-order chi connectivity index (χ0) is 13.4. The Morgan fingerprint density at radius 3 is 2.58 bits per heavy atom. The fourth-order valence-electron chi connectivity index (χ4n) is 2.04. The highest BCUT2D eigenvalue weighted by molar-refractivity contribution is 6.01. The quantitative estimate of drug-likeness (QED) is 0.658. The monoisotopic (exact) mass is 254 g/mol. The molecule has 94 valence electrons. The van der Waals surface area contributed by atoms with Gasteiger partial charge in [-0.2, -0.15) is 0 Å². The molecule has 19 heavy (non-hydrogen) atoms. The first-order valence-corrected chi connectivity index (χ1v) is 5.79. The van der Waals surface area contributed by atoms with Crippen LogP contribution in [-0.2, 0) is 0 Å². The molecule has 2 aromatic heterocycles. The lowest BCUT2D eigenvalue weighted by Gasteiger charge is -2.05. The number of rotatable bonds is 2. The molecule has 0 aliphatic heterocycles. The standard InChI is InChI=1S/C15H10O4/c1-9(16)13-14(17)10-5-2-3-6-11(10)19-15(13)12-7-4-8-18-12/h2-8H,1H3. The zero-order valence-corrected chi connectivity index (χ0v) is 10.2. The summed E-state index contributed by atoms with van der Waals surface area (Å²) < 4.78 is 10.9. The van der Waals surface area contributed by atoms with Gasteiger partial charge in [0.15, 0.2) is 17.3 Å². The molecule has 0 saturated carbocycles. The molecule has 3 aromatic rings. The molecule has 0 atom stereocenters. The molecule has 0 unspecified atom stereocenters. The van der Waals surface area contributed by atoms with Crippen molar-refractivity contribution >= 4 is 16.8 Å². The molecule has 0 radical (unpaired) electrons. The van der Waals surface area contributed by atoms with Crippen LogP contribution in [0.2, 0.25) is 0 Å². The summed E-state index contributed by atoms with van der Waals surface area (Å²) in [4.78, 5) is 24.1. The predicted octanol–water partition coefficient (Wildman–Crippen LogP) is 3.26. The van der Waals surface area contributed by atoms with Gasteiger partial charge in [0, 0.05) is 0 Å². The van der Waals surface area contributed by atoms with Gasteiger partial charge in [0.1, 0.15) is 11.1 Å². The molecular weight excluding hydrogens is 244 g/mol. The Labute approximate surface area is 108 Å². The van der Waals surface area contributed by atoms with Gasteiger partial charge in [0.25, 0.3) is 0 Å². The first kappa shape index (κ1) is 11.5. The summed E-state index contributed by atoms with van der Waals surface area (Å²) in [6.07, 6.45) is 1.47. The van der Waals surface area contributed by atoms with Gasteiger partial charge >= 0.3 is 0 Å². The van der Waals surface area contributed by atoms with E-state index in [2.05, 4.69) is 0 Å². The first-order chi connectivity index (χ1) is 9.18. The predicted molar refractivity (Wildman–Crippen MR) is 70.2 cm³/mol. The van der Waals surface area contributed by atoms with Crippen LogP contribution < -0.4 is 5.43 Å². The summed E-state index contributed by atoms with van der Waals surface area (Å²) in [6.45, 7) is 1.34. The van der Waals surface area contributed by atoms with Gasteiger partial charge < -0.3 is 8.83 Å². The van der Waals surface area contributed by atoms with Crippen LogP contribution in [-0.4, -0.2) is 5.78 Å². The number of ketones is 1. The van der Waals surface area contributed by atoms with Crippen LogP contribution in [0.15, 0.2) is 56.3 Å². The second-order valence-electron chi connectivity index (χ2n) is 4.16. The van der Waals surface area contributed by atoms with Crippen molar-refractivity contribution in [2.45, 2.75) is 6.92 Å². The average Bonchev–Trinajstić information content (AvgIpc) is 2.92.